The Morgan fingerprint density at radius 1 is 1.36 bits per heavy atom. The lowest BCUT2D eigenvalue weighted by molar-refractivity contribution is 0.526. The molecule has 1 saturated carbocycles. The molecular formula is C10H10O. The molecule has 0 aliphatic heterocycles. The summed E-state index contributed by atoms with van der Waals surface area (Å²) in [6.07, 6.45) is 7.82. The maximum absolute atomic E-state index is 5.40. The SMILES string of the molecule is Cc1coc2c1=CC1CC1C=2. The van der Waals surface area contributed by atoms with E-state index >= 15 is 0 Å². The quantitative estimate of drug-likeness (QED) is 0.527. The van der Waals surface area contributed by atoms with Crippen LogP contribution in [0.3, 0.4) is 0 Å². The van der Waals surface area contributed by atoms with Gasteiger partial charge in [0.15, 0.2) is 0 Å². The molecule has 3 rings (SSSR count). The van der Waals surface area contributed by atoms with Crippen molar-refractivity contribution in [3.63, 3.8) is 0 Å². The molecule has 1 nitrogen and oxygen atoms in total. The Morgan fingerprint density at radius 2 is 2.18 bits per heavy atom. The van der Waals surface area contributed by atoms with Crippen molar-refractivity contribution in [2.24, 2.45) is 11.8 Å². The molecule has 1 aromatic rings. The maximum atomic E-state index is 5.40. The van der Waals surface area contributed by atoms with Crippen molar-refractivity contribution < 1.29 is 4.42 Å². The average Bonchev–Trinajstić information content (AvgIpc) is 2.68. The molecule has 1 fully saturated rings. The standard InChI is InChI=1S/C10H10O/c1-6-5-11-10-4-8-2-7(8)3-9(6)10/h3-5,7-8H,2H2,1H3. The smallest absolute Gasteiger partial charge is 0.130 e. The van der Waals surface area contributed by atoms with Crippen LogP contribution in [0.5, 0.6) is 0 Å². The maximum Gasteiger partial charge on any atom is 0.130 e. The van der Waals surface area contributed by atoms with E-state index in [1.54, 1.807) is 0 Å². The fourth-order valence-corrected chi connectivity index (χ4v) is 1.84. The van der Waals surface area contributed by atoms with Gasteiger partial charge in [-0.05, 0) is 36.8 Å². The minimum absolute atomic E-state index is 0.799. The van der Waals surface area contributed by atoms with E-state index in [-0.39, 0.29) is 0 Å². The van der Waals surface area contributed by atoms with E-state index in [1.165, 1.54) is 17.2 Å². The molecule has 2 unspecified atom stereocenters. The van der Waals surface area contributed by atoms with Crippen molar-refractivity contribution >= 4 is 12.2 Å². The minimum atomic E-state index is 0.799. The molecule has 0 spiro atoms. The van der Waals surface area contributed by atoms with Crippen molar-refractivity contribution in [2.45, 2.75) is 13.3 Å². The molecule has 1 heteroatoms. The predicted molar refractivity (Wildman–Crippen MR) is 43.2 cm³/mol. The molecule has 0 aromatic carbocycles. The lowest BCUT2D eigenvalue weighted by Gasteiger charge is -1.90. The van der Waals surface area contributed by atoms with Crippen LogP contribution >= 0.6 is 0 Å². The lowest BCUT2D eigenvalue weighted by atomic mass is 10.1. The van der Waals surface area contributed by atoms with Gasteiger partial charge in [-0.3, -0.25) is 0 Å². The fraction of sp³-hybridized carbons (Fsp3) is 0.400. The minimum Gasteiger partial charge on any atom is -0.464 e. The fourth-order valence-electron chi connectivity index (χ4n) is 1.84. The van der Waals surface area contributed by atoms with Crippen molar-refractivity contribution in [1.82, 2.24) is 0 Å². The van der Waals surface area contributed by atoms with E-state index in [2.05, 4.69) is 19.1 Å². The van der Waals surface area contributed by atoms with Gasteiger partial charge in [0.25, 0.3) is 0 Å². The first-order valence-corrected chi connectivity index (χ1v) is 4.12. The van der Waals surface area contributed by atoms with Gasteiger partial charge in [-0.15, -0.1) is 0 Å². The highest BCUT2D eigenvalue weighted by atomic mass is 16.3. The Hall–Kier alpha value is -0.980. The highest BCUT2D eigenvalue weighted by Crippen LogP contribution is 2.41. The van der Waals surface area contributed by atoms with Crippen LogP contribution in [-0.4, -0.2) is 0 Å². The van der Waals surface area contributed by atoms with Crippen molar-refractivity contribution in [3.8, 4) is 0 Å². The summed E-state index contributed by atoms with van der Waals surface area (Å²) in [5.74, 6) is 1.63. The van der Waals surface area contributed by atoms with Crippen molar-refractivity contribution in [2.75, 3.05) is 0 Å². The van der Waals surface area contributed by atoms with Crippen LogP contribution in [0.1, 0.15) is 12.0 Å². The van der Waals surface area contributed by atoms with Crippen LogP contribution in [0, 0.1) is 18.8 Å². The molecule has 11 heavy (non-hydrogen) atoms. The lowest BCUT2D eigenvalue weighted by Crippen LogP contribution is -2.24. The van der Waals surface area contributed by atoms with Gasteiger partial charge in [0.2, 0.25) is 0 Å². The third kappa shape index (κ3) is 0.657. The van der Waals surface area contributed by atoms with Crippen LogP contribution in [0.2, 0.25) is 0 Å². The van der Waals surface area contributed by atoms with Gasteiger partial charge in [0.05, 0.1) is 6.26 Å². The Kier molecular flexibility index (Phi) is 0.823. The Bertz CT molecular complexity index is 411. The Labute approximate surface area is 65.0 Å². The Morgan fingerprint density at radius 3 is 3.09 bits per heavy atom. The van der Waals surface area contributed by atoms with E-state index in [0.717, 1.165) is 17.3 Å². The van der Waals surface area contributed by atoms with E-state index < -0.39 is 0 Å². The van der Waals surface area contributed by atoms with Crippen molar-refractivity contribution in [3.05, 3.63) is 22.5 Å². The number of fused-ring (bicyclic) bond motifs is 2. The first-order valence-electron chi connectivity index (χ1n) is 4.12. The zero-order chi connectivity index (χ0) is 7.42. The second kappa shape index (κ2) is 1.60. The molecule has 1 aromatic heterocycles. The average molecular weight is 146 g/mol. The zero-order valence-electron chi connectivity index (χ0n) is 6.50. The summed E-state index contributed by atoms with van der Waals surface area (Å²) in [5, 5.41) is 1.34. The molecule has 0 saturated heterocycles. The van der Waals surface area contributed by atoms with Gasteiger partial charge in [-0.2, -0.15) is 0 Å². The van der Waals surface area contributed by atoms with E-state index in [1.807, 2.05) is 6.26 Å². The molecule has 2 aliphatic carbocycles. The molecule has 2 atom stereocenters. The van der Waals surface area contributed by atoms with Gasteiger partial charge in [-0.25, -0.2) is 0 Å². The second-order valence-electron chi connectivity index (χ2n) is 3.59. The normalized spacial score (nSPS) is 31.4. The first-order chi connectivity index (χ1) is 5.34. The third-order valence-electron chi connectivity index (χ3n) is 2.69. The summed E-state index contributed by atoms with van der Waals surface area (Å²) < 4.78 is 5.40. The molecule has 56 valence electrons. The van der Waals surface area contributed by atoms with Gasteiger partial charge in [0, 0.05) is 5.22 Å². The molecule has 0 N–H and O–H groups in total. The van der Waals surface area contributed by atoms with Gasteiger partial charge in [0.1, 0.15) is 5.42 Å². The number of furan rings is 1. The van der Waals surface area contributed by atoms with Crippen LogP contribution in [0.25, 0.3) is 12.2 Å². The van der Waals surface area contributed by atoms with Gasteiger partial charge in [-0.1, -0.05) is 6.08 Å². The molecule has 1 heterocycles. The van der Waals surface area contributed by atoms with Crippen LogP contribution < -0.4 is 10.6 Å². The first kappa shape index (κ1) is 5.64. The number of hydrogen-bond acceptors (Lipinski definition) is 1. The summed E-state index contributed by atoms with van der Waals surface area (Å²) >= 11 is 0. The van der Waals surface area contributed by atoms with Crippen molar-refractivity contribution in [1.29, 1.82) is 0 Å². The summed E-state index contributed by atoms with van der Waals surface area (Å²) in [5.41, 5.74) is 2.38. The number of aryl methyl sites for hydroxylation is 1. The summed E-state index contributed by atoms with van der Waals surface area (Å²) in [6, 6.07) is 0. The second-order valence-corrected chi connectivity index (χ2v) is 3.59. The predicted octanol–water partition coefficient (Wildman–Crippen LogP) is 0.799. The molecule has 2 aliphatic rings. The van der Waals surface area contributed by atoms with Crippen LogP contribution in [-0.2, 0) is 0 Å². The molecular weight excluding hydrogens is 136 g/mol. The third-order valence-corrected chi connectivity index (χ3v) is 2.69. The van der Waals surface area contributed by atoms with Crippen LogP contribution in [0.15, 0.2) is 10.7 Å². The Balaban J connectivity index is 2.45. The monoisotopic (exact) mass is 146 g/mol. The highest BCUT2D eigenvalue weighted by Gasteiger charge is 2.35. The zero-order valence-corrected chi connectivity index (χ0v) is 6.50. The molecule has 0 radical (unpaired) electrons. The number of hydrogen-bond donors (Lipinski definition) is 0. The molecule has 0 amide bonds. The summed E-state index contributed by atoms with van der Waals surface area (Å²) in [6.45, 7) is 2.11. The van der Waals surface area contributed by atoms with E-state index in [9.17, 15) is 0 Å². The summed E-state index contributed by atoms with van der Waals surface area (Å²) in [7, 11) is 0. The molecule has 0 bridgehead atoms. The highest BCUT2D eigenvalue weighted by molar-refractivity contribution is 5.48. The van der Waals surface area contributed by atoms with E-state index in [0.29, 0.717) is 0 Å². The largest absolute Gasteiger partial charge is 0.464 e. The summed E-state index contributed by atoms with van der Waals surface area (Å²) in [4.78, 5) is 0. The number of rotatable bonds is 0. The van der Waals surface area contributed by atoms with E-state index in [4.69, 9.17) is 4.42 Å². The van der Waals surface area contributed by atoms with Gasteiger partial charge >= 0.3 is 0 Å². The van der Waals surface area contributed by atoms with Crippen LogP contribution in [0.4, 0.5) is 0 Å². The van der Waals surface area contributed by atoms with Gasteiger partial charge < -0.3 is 4.42 Å². The topological polar surface area (TPSA) is 13.1 Å².